The maximum atomic E-state index is 12.8. The Morgan fingerprint density at radius 2 is 2.00 bits per heavy atom. The summed E-state index contributed by atoms with van der Waals surface area (Å²) in [4.78, 5) is 30.6. The van der Waals surface area contributed by atoms with Crippen molar-refractivity contribution in [1.82, 2.24) is 25.4 Å². The Morgan fingerprint density at radius 3 is 2.72 bits per heavy atom. The number of hydrogen-bond donors (Lipinski definition) is 2. The first-order valence-corrected chi connectivity index (χ1v) is 8.68. The molecule has 1 fully saturated rings. The molecule has 7 nitrogen and oxygen atoms in total. The lowest BCUT2D eigenvalue weighted by Crippen LogP contribution is -2.43. The number of aromatic amines is 1. The fraction of sp³-hybridized carbons (Fsp3) is 0.444. The molecule has 0 spiro atoms. The molecule has 1 saturated heterocycles. The highest BCUT2D eigenvalue weighted by atomic mass is 16.2. The third-order valence-electron chi connectivity index (χ3n) is 5.28. The minimum absolute atomic E-state index is 0.0258. The summed E-state index contributed by atoms with van der Waals surface area (Å²) in [5.41, 5.74) is 2.47. The summed E-state index contributed by atoms with van der Waals surface area (Å²) in [5.74, 6) is 1.09. The van der Waals surface area contributed by atoms with Crippen molar-refractivity contribution >= 4 is 11.8 Å². The van der Waals surface area contributed by atoms with E-state index in [2.05, 4.69) is 32.6 Å². The highest BCUT2D eigenvalue weighted by Crippen LogP contribution is 2.37. The highest BCUT2D eigenvalue weighted by Gasteiger charge is 2.36. The molecule has 2 amide bonds. The average Bonchev–Trinajstić information content (AvgIpc) is 3.12. The molecule has 1 aromatic carbocycles. The number of fused-ring (bicyclic) bond motifs is 1. The first kappa shape index (κ1) is 15.8. The van der Waals surface area contributed by atoms with Gasteiger partial charge in [-0.25, -0.2) is 4.98 Å². The van der Waals surface area contributed by atoms with Crippen LogP contribution in [0.2, 0.25) is 0 Å². The molecule has 1 aliphatic carbocycles. The number of amides is 2. The van der Waals surface area contributed by atoms with Crippen LogP contribution in [0.3, 0.4) is 0 Å². The van der Waals surface area contributed by atoms with E-state index in [4.69, 9.17) is 0 Å². The fourth-order valence-electron chi connectivity index (χ4n) is 3.74. The lowest BCUT2D eigenvalue weighted by Gasteiger charge is -2.37. The van der Waals surface area contributed by atoms with Crippen LogP contribution in [0.15, 0.2) is 24.3 Å². The molecule has 2 aliphatic rings. The van der Waals surface area contributed by atoms with Crippen LogP contribution in [0.1, 0.15) is 52.2 Å². The molecule has 1 atom stereocenters. The van der Waals surface area contributed by atoms with Crippen LogP contribution in [0.25, 0.3) is 0 Å². The van der Waals surface area contributed by atoms with E-state index in [1.807, 2.05) is 17.0 Å². The summed E-state index contributed by atoms with van der Waals surface area (Å²) in [7, 11) is 1.56. The highest BCUT2D eigenvalue weighted by molar-refractivity contribution is 5.90. The predicted octanol–water partition coefficient (Wildman–Crippen LogP) is 1.21. The lowest BCUT2D eigenvalue weighted by atomic mass is 9.76. The summed E-state index contributed by atoms with van der Waals surface area (Å²) in [5, 5.41) is 9.35. The third kappa shape index (κ3) is 2.79. The van der Waals surface area contributed by atoms with E-state index in [-0.39, 0.29) is 29.5 Å². The Kier molecular flexibility index (Phi) is 3.99. The molecule has 25 heavy (non-hydrogen) atoms. The molecule has 0 saturated carbocycles. The van der Waals surface area contributed by atoms with Gasteiger partial charge in [-0.3, -0.25) is 14.7 Å². The van der Waals surface area contributed by atoms with Crippen molar-refractivity contribution in [3.8, 4) is 0 Å². The summed E-state index contributed by atoms with van der Waals surface area (Å²) in [6, 6.07) is 8.18. The normalized spacial score (nSPS) is 19.9. The Hall–Kier alpha value is -2.70. The number of piperidine rings is 1. The second-order valence-electron chi connectivity index (χ2n) is 6.68. The van der Waals surface area contributed by atoms with Crippen molar-refractivity contribution in [2.75, 3.05) is 20.1 Å². The van der Waals surface area contributed by atoms with Crippen molar-refractivity contribution in [3.63, 3.8) is 0 Å². The van der Waals surface area contributed by atoms with Gasteiger partial charge in [0.15, 0.2) is 0 Å². The van der Waals surface area contributed by atoms with E-state index in [0.717, 1.165) is 38.2 Å². The van der Waals surface area contributed by atoms with Gasteiger partial charge in [0.2, 0.25) is 11.7 Å². The summed E-state index contributed by atoms with van der Waals surface area (Å²) in [6.07, 6.45) is 2.53. The number of carbonyl (C=O) groups excluding carboxylic acids is 2. The van der Waals surface area contributed by atoms with E-state index in [0.29, 0.717) is 0 Å². The van der Waals surface area contributed by atoms with Crippen LogP contribution in [0.4, 0.5) is 0 Å². The monoisotopic (exact) mass is 339 g/mol. The van der Waals surface area contributed by atoms with E-state index in [1.54, 1.807) is 7.05 Å². The van der Waals surface area contributed by atoms with Gasteiger partial charge < -0.3 is 10.2 Å². The zero-order chi connectivity index (χ0) is 17.4. The summed E-state index contributed by atoms with van der Waals surface area (Å²) in [6.45, 7) is 1.44. The molecule has 7 heteroatoms. The summed E-state index contributed by atoms with van der Waals surface area (Å²) >= 11 is 0. The standard InChI is InChI=1S/C18H21N5O2/c1-19-17(24)16-20-15(21-22-16)11-6-8-23(9-7-11)18(25)14-10-12-4-2-3-5-13(12)14/h2-5,11,14H,6-10H2,1H3,(H,19,24)(H,20,21,22). The van der Waals surface area contributed by atoms with Crippen molar-refractivity contribution in [1.29, 1.82) is 0 Å². The molecule has 0 bridgehead atoms. The molecule has 4 rings (SSSR count). The van der Waals surface area contributed by atoms with Crippen molar-refractivity contribution in [2.24, 2.45) is 0 Å². The second kappa shape index (κ2) is 6.31. The Labute approximate surface area is 145 Å². The Balaban J connectivity index is 1.36. The van der Waals surface area contributed by atoms with Crippen LogP contribution in [0, 0.1) is 0 Å². The Morgan fingerprint density at radius 1 is 1.24 bits per heavy atom. The number of nitrogens with zero attached hydrogens (tertiary/aromatic N) is 3. The van der Waals surface area contributed by atoms with E-state index in [1.165, 1.54) is 11.1 Å². The van der Waals surface area contributed by atoms with Gasteiger partial charge in [0.1, 0.15) is 5.82 Å². The van der Waals surface area contributed by atoms with Crippen molar-refractivity contribution in [2.45, 2.75) is 31.1 Å². The van der Waals surface area contributed by atoms with E-state index < -0.39 is 0 Å². The van der Waals surface area contributed by atoms with Gasteiger partial charge in [-0.2, -0.15) is 0 Å². The van der Waals surface area contributed by atoms with Gasteiger partial charge in [0, 0.05) is 26.1 Å². The second-order valence-corrected chi connectivity index (χ2v) is 6.68. The van der Waals surface area contributed by atoms with Gasteiger partial charge in [-0.1, -0.05) is 24.3 Å². The number of H-pyrrole nitrogens is 1. The van der Waals surface area contributed by atoms with Gasteiger partial charge >= 0.3 is 0 Å². The zero-order valence-electron chi connectivity index (χ0n) is 14.2. The summed E-state index contributed by atoms with van der Waals surface area (Å²) < 4.78 is 0. The van der Waals surface area contributed by atoms with Crippen molar-refractivity contribution in [3.05, 3.63) is 47.0 Å². The molecular weight excluding hydrogens is 318 g/mol. The van der Waals surface area contributed by atoms with Gasteiger partial charge in [0.25, 0.3) is 5.91 Å². The number of benzene rings is 1. The topological polar surface area (TPSA) is 91.0 Å². The van der Waals surface area contributed by atoms with Crippen LogP contribution >= 0.6 is 0 Å². The van der Waals surface area contributed by atoms with E-state index in [9.17, 15) is 9.59 Å². The molecule has 130 valence electrons. The van der Waals surface area contributed by atoms with Crippen LogP contribution in [-0.4, -0.2) is 52.0 Å². The quantitative estimate of drug-likeness (QED) is 0.879. The molecule has 0 radical (unpaired) electrons. The SMILES string of the molecule is CNC(=O)c1n[nH]c(C2CCN(C(=O)C3Cc4ccccc43)CC2)n1. The van der Waals surface area contributed by atoms with Gasteiger partial charge in [-0.05, 0) is 30.4 Å². The predicted molar refractivity (Wildman–Crippen MR) is 91.2 cm³/mol. The molecule has 2 heterocycles. The number of aromatic nitrogens is 3. The number of hydrogen-bond acceptors (Lipinski definition) is 4. The molecule has 2 N–H and O–H groups in total. The maximum Gasteiger partial charge on any atom is 0.290 e. The molecule has 1 aromatic heterocycles. The third-order valence-corrected chi connectivity index (χ3v) is 5.28. The smallest absolute Gasteiger partial charge is 0.290 e. The number of likely N-dealkylation sites (tertiary alicyclic amines) is 1. The average molecular weight is 339 g/mol. The largest absolute Gasteiger partial charge is 0.352 e. The molecular formula is C18H21N5O2. The number of nitrogens with one attached hydrogen (secondary N) is 2. The first-order valence-electron chi connectivity index (χ1n) is 8.68. The molecule has 1 aliphatic heterocycles. The lowest BCUT2D eigenvalue weighted by molar-refractivity contribution is -0.134. The van der Waals surface area contributed by atoms with Crippen molar-refractivity contribution < 1.29 is 9.59 Å². The van der Waals surface area contributed by atoms with Gasteiger partial charge in [0.05, 0.1) is 5.92 Å². The molecule has 1 unspecified atom stereocenters. The fourth-order valence-corrected chi connectivity index (χ4v) is 3.74. The van der Waals surface area contributed by atoms with E-state index >= 15 is 0 Å². The molecule has 2 aromatic rings. The minimum Gasteiger partial charge on any atom is -0.352 e. The van der Waals surface area contributed by atoms with Gasteiger partial charge in [-0.15, -0.1) is 5.10 Å². The number of rotatable bonds is 3. The number of carbonyl (C=O) groups is 2. The van der Waals surface area contributed by atoms with Crippen LogP contribution < -0.4 is 5.32 Å². The van der Waals surface area contributed by atoms with Crippen LogP contribution in [-0.2, 0) is 11.2 Å². The van der Waals surface area contributed by atoms with Crippen LogP contribution in [0.5, 0.6) is 0 Å². The Bertz CT molecular complexity index is 807. The zero-order valence-corrected chi connectivity index (χ0v) is 14.2. The first-order chi connectivity index (χ1) is 12.2. The maximum absolute atomic E-state index is 12.8. The minimum atomic E-state index is -0.293.